The molecule has 0 fully saturated rings. The molecule has 8 nitrogen and oxygen atoms in total. The molecule has 1 N–H and O–H groups in total. The van der Waals surface area contributed by atoms with Crippen molar-refractivity contribution in [2.45, 2.75) is 13.1 Å². The quantitative estimate of drug-likeness (QED) is 0.375. The van der Waals surface area contributed by atoms with Gasteiger partial charge in [-0.05, 0) is 19.1 Å². The van der Waals surface area contributed by atoms with E-state index in [9.17, 15) is 23.3 Å². The average molecular weight is 379 g/mol. The van der Waals surface area contributed by atoms with Gasteiger partial charge in [0.25, 0.3) is 11.6 Å². The Morgan fingerprint density at radius 1 is 1.48 bits per heavy atom. The monoisotopic (exact) mass is 378 g/mol. The number of hydrogen-bond acceptors (Lipinski definition) is 6. The second-order valence-electron chi connectivity index (χ2n) is 4.81. The molecule has 0 spiro atoms. The van der Waals surface area contributed by atoms with E-state index in [0.29, 0.717) is 4.68 Å². The second-order valence-corrected chi connectivity index (χ2v) is 5.19. The smallest absolute Gasteiger partial charge is 0.434 e. The lowest BCUT2D eigenvalue weighted by molar-refractivity contribution is -0.385. The number of nitro benzene ring substituents is 1. The van der Waals surface area contributed by atoms with Crippen LogP contribution >= 0.6 is 11.6 Å². The molecule has 2 rings (SSSR count). The molecule has 0 aliphatic carbocycles. The molecule has 0 radical (unpaired) electrons. The van der Waals surface area contributed by atoms with Gasteiger partial charge in [0.05, 0.1) is 16.2 Å². The predicted octanol–water partition coefficient (Wildman–Crippen LogP) is 3.99. The van der Waals surface area contributed by atoms with E-state index in [1.165, 1.54) is 6.92 Å². The number of aromatic nitrogens is 2. The third kappa shape index (κ3) is 3.65. The number of ether oxygens (including phenoxy) is 1. The van der Waals surface area contributed by atoms with Crippen molar-refractivity contribution in [1.29, 1.82) is 0 Å². The zero-order chi connectivity index (χ0) is 18.9. The van der Waals surface area contributed by atoms with Crippen LogP contribution in [0.1, 0.15) is 18.2 Å². The van der Waals surface area contributed by atoms with E-state index >= 15 is 0 Å². The fourth-order valence-corrected chi connectivity index (χ4v) is 2.35. The molecule has 0 unspecified atom stereocenters. The summed E-state index contributed by atoms with van der Waals surface area (Å²) in [5.41, 5.74) is -1.72. The van der Waals surface area contributed by atoms with Crippen LogP contribution in [0.4, 0.5) is 18.9 Å². The van der Waals surface area contributed by atoms with Gasteiger partial charge in [-0.2, -0.15) is 13.2 Å². The van der Waals surface area contributed by atoms with Crippen LogP contribution in [0.25, 0.3) is 0 Å². The van der Waals surface area contributed by atoms with Crippen molar-refractivity contribution in [3.63, 3.8) is 0 Å². The van der Waals surface area contributed by atoms with E-state index in [4.69, 9.17) is 21.5 Å². The first-order valence-corrected chi connectivity index (χ1v) is 6.89. The summed E-state index contributed by atoms with van der Waals surface area (Å²) in [6, 6.07) is 3.34. The van der Waals surface area contributed by atoms with Crippen LogP contribution < -0.4 is 4.74 Å². The van der Waals surface area contributed by atoms with Crippen LogP contribution in [0.5, 0.6) is 11.6 Å². The lowest BCUT2D eigenvalue weighted by atomic mass is 10.1. The molecule has 134 valence electrons. The zero-order valence-electron chi connectivity index (χ0n) is 12.7. The molecular weight excluding hydrogens is 369 g/mol. The molecule has 0 aliphatic rings. The lowest BCUT2D eigenvalue weighted by Gasteiger charge is -2.07. The summed E-state index contributed by atoms with van der Waals surface area (Å²) in [6.45, 7) is 1.31. The van der Waals surface area contributed by atoms with Crippen molar-refractivity contribution in [2.24, 2.45) is 12.2 Å². The number of nitro groups is 1. The number of rotatable bonds is 4. The van der Waals surface area contributed by atoms with Gasteiger partial charge in [-0.3, -0.25) is 14.8 Å². The van der Waals surface area contributed by atoms with Crippen molar-refractivity contribution in [2.75, 3.05) is 0 Å². The molecule has 12 heteroatoms. The second kappa shape index (κ2) is 6.59. The largest absolute Gasteiger partial charge is 0.436 e. The van der Waals surface area contributed by atoms with Crippen LogP contribution in [0.2, 0.25) is 5.02 Å². The van der Waals surface area contributed by atoms with Gasteiger partial charge >= 0.3 is 6.18 Å². The average Bonchev–Trinajstić information content (AvgIpc) is 2.79. The van der Waals surface area contributed by atoms with Crippen LogP contribution in [0.3, 0.4) is 0 Å². The fourth-order valence-electron chi connectivity index (χ4n) is 2.04. The molecule has 0 atom stereocenters. The summed E-state index contributed by atoms with van der Waals surface area (Å²) in [4.78, 5) is 10.3. The Bertz CT molecular complexity index is 864. The van der Waals surface area contributed by atoms with Gasteiger partial charge in [0, 0.05) is 13.1 Å². The Labute approximate surface area is 143 Å². The van der Waals surface area contributed by atoms with Crippen LogP contribution in [-0.2, 0) is 13.2 Å². The van der Waals surface area contributed by atoms with E-state index in [0.717, 1.165) is 25.2 Å². The Morgan fingerprint density at radius 3 is 2.60 bits per heavy atom. The first-order valence-electron chi connectivity index (χ1n) is 6.51. The summed E-state index contributed by atoms with van der Waals surface area (Å²) < 4.78 is 44.4. The van der Waals surface area contributed by atoms with E-state index < -0.39 is 27.7 Å². The highest BCUT2D eigenvalue weighted by molar-refractivity contribution is 6.32. The number of oxime groups is 1. The first-order chi connectivity index (χ1) is 11.6. The summed E-state index contributed by atoms with van der Waals surface area (Å²) in [5.74, 6) is -0.591. The molecule has 0 saturated carbocycles. The van der Waals surface area contributed by atoms with Gasteiger partial charge in [0.2, 0.25) is 0 Å². The number of hydrogen-bond donors (Lipinski definition) is 1. The van der Waals surface area contributed by atoms with Gasteiger partial charge in [-0.15, -0.1) is 5.10 Å². The molecule has 0 bridgehead atoms. The SMILES string of the molecule is C/C(=N/O)c1cc(Oc2nn(C)c(C(F)(F)F)c2Cl)ccc1[N+](=O)[O-]. The van der Waals surface area contributed by atoms with Gasteiger partial charge < -0.3 is 9.94 Å². The van der Waals surface area contributed by atoms with Crippen molar-refractivity contribution in [3.05, 3.63) is 44.6 Å². The molecule has 0 amide bonds. The minimum absolute atomic E-state index is 0.0719. The molecule has 2 aromatic rings. The van der Waals surface area contributed by atoms with Gasteiger partial charge in [0.1, 0.15) is 10.8 Å². The van der Waals surface area contributed by atoms with E-state index in [1.54, 1.807) is 0 Å². The van der Waals surface area contributed by atoms with Crippen LogP contribution in [-0.4, -0.2) is 25.6 Å². The Morgan fingerprint density at radius 2 is 2.12 bits per heavy atom. The molecular formula is C13H10ClF3N4O4. The highest BCUT2D eigenvalue weighted by atomic mass is 35.5. The minimum Gasteiger partial charge on any atom is -0.436 e. The van der Waals surface area contributed by atoms with E-state index in [2.05, 4.69) is 10.3 Å². The van der Waals surface area contributed by atoms with Crippen LogP contribution in [0.15, 0.2) is 23.4 Å². The third-order valence-electron chi connectivity index (χ3n) is 3.15. The number of benzene rings is 1. The number of nitrogens with zero attached hydrogens (tertiary/aromatic N) is 4. The molecule has 25 heavy (non-hydrogen) atoms. The maximum absolute atomic E-state index is 12.9. The Hall–Kier alpha value is -2.82. The first kappa shape index (κ1) is 18.5. The summed E-state index contributed by atoms with van der Waals surface area (Å²) in [7, 11) is 1.05. The van der Waals surface area contributed by atoms with E-state index in [1.807, 2.05) is 0 Å². The van der Waals surface area contributed by atoms with Gasteiger partial charge in [-0.1, -0.05) is 16.8 Å². The summed E-state index contributed by atoms with van der Waals surface area (Å²) in [6.07, 6.45) is -4.73. The molecule has 0 saturated heterocycles. The number of aryl methyl sites for hydroxylation is 1. The number of alkyl halides is 3. The highest BCUT2D eigenvalue weighted by Crippen LogP contribution is 2.40. The maximum atomic E-state index is 12.9. The predicted molar refractivity (Wildman–Crippen MR) is 80.4 cm³/mol. The van der Waals surface area contributed by atoms with Crippen molar-refractivity contribution in [3.8, 4) is 11.6 Å². The van der Waals surface area contributed by atoms with Crippen molar-refractivity contribution >= 4 is 23.0 Å². The van der Waals surface area contributed by atoms with Crippen molar-refractivity contribution in [1.82, 2.24) is 9.78 Å². The third-order valence-corrected chi connectivity index (χ3v) is 3.49. The Kier molecular flexibility index (Phi) is 4.88. The number of halogens is 4. The minimum atomic E-state index is -4.73. The topological polar surface area (TPSA) is 103 Å². The van der Waals surface area contributed by atoms with Crippen molar-refractivity contribution < 1.29 is 28.0 Å². The molecule has 0 aliphatic heterocycles. The zero-order valence-corrected chi connectivity index (χ0v) is 13.5. The molecule has 1 heterocycles. The Balaban J connectivity index is 2.47. The molecule has 1 aromatic carbocycles. The standard InChI is InChI=1S/C13H10ClF3N4O4/c1-6(19-22)8-5-7(3-4-9(8)21(23)24)25-12-10(14)11(13(15,16)17)20(2)18-12/h3-5,22H,1-2H3/b19-6-. The lowest BCUT2D eigenvalue weighted by Crippen LogP contribution is -2.12. The fraction of sp³-hybridized carbons (Fsp3) is 0.231. The molecule has 1 aromatic heterocycles. The highest BCUT2D eigenvalue weighted by Gasteiger charge is 2.39. The summed E-state index contributed by atoms with van der Waals surface area (Å²) >= 11 is 5.68. The van der Waals surface area contributed by atoms with Gasteiger partial charge in [-0.25, -0.2) is 0 Å². The van der Waals surface area contributed by atoms with E-state index in [-0.39, 0.29) is 22.7 Å². The summed E-state index contributed by atoms with van der Waals surface area (Å²) in [5, 5.41) is 25.5. The van der Waals surface area contributed by atoms with Gasteiger partial charge in [0.15, 0.2) is 5.69 Å². The van der Waals surface area contributed by atoms with Crippen LogP contribution in [0, 0.1) is 10.1 Å². The normalized spacial score (nSPS) is 12.3. The maximum Gasteiger partial charge on any atom is 0.434 e.